The van der Waals surface area contributed by atoms with Crippen molar-refractivity contribution in [2.75, 3.05) is 25.0 Å². The Morgan fingerprint density at radius 1 is 1.36 bits per heavy atom. The topological polar surface area (TPSA) is 70.7 Å². The minimum absolute atomic E-state index is 0. The number of benzene rings is 1. The molecular weight excluding hydrogens is 415 g/mol. The summed E-state index contributed by atoms with van der Waals surface area (Å²) in [6, 6.07) is 5.43. The lowest BCUT2D eigenvalue weighted by Crippen LogP contribution is -2.37. The molecule has 22 heavy (non-hydrogen) atoms. The maximum Gasteiger partial charge on any atom is 0.226 e. The van der Waals surface area contributed by atoms with E-state index in [1.165, 1.54) is 0 Å². The van der Waals surface area contributed by atoms with Crippen molar-refractivity contribution in [1.82, 2.24) is 4.90 Å². The van der Waals surface area contributed by atoms with Crippen LogP contribution >= 0.6 is 35.6 Å². The van der Waals surface area contributed by atoms with Crippen molar-refractivity contribution in [3.8, 4) is 0 Å². The van der Waals surface area contributed by atoms with E-state index >= 15 is 0 Å². The van der Waals surface area contributed by atoms with Crippen LogP contribution in [0.3, 0.4) is 0 Å². The lowest BCUT2D eigenvalue weighted by molar-refractivity contribution is -0.116. The van der Waals surface area contributed by atoms with Gasteiger partial charge in [0.1, 0.15) is 0 Å². The van der Waals surface area contributed by atoms with E-state index in [0.717, 1.165) is 24.3 Å². The number of carbonyl (C=O) groups is 1. The number of guanidine groups is 1. The van der Waals surface area contributed by atoms with Gasteiger partial charge < -0.3 is 16.0 Å². The normalized spacial score (nSPS) is 10.8. The molecule has 0 bridgehead atoms. The van der Waals surface area contributed by atoms with E-state index in [1.807, 2.05) is 37.8 Å². The number of aliphatic imine (C=N–C) groups is 1. The molecule has 0 heterocycles. The fourth-order valence-corrected chi connectivity index (χ4v) is 2.05. The summed E-state index contributed by atoms with van der Waals surface area (Å²) in [7, 11) is 0. The van der Waals surface area contributed by atoms with E-state index in [2.05, 4.69) is 10.3 Å². The quantitative estimate of drug-likeness (QED) is 0.407. The second kappa shape index (κ2) is 10.7. The molecule has 1 amide bonds. The summed E-state index contributed by atoms with van der Waals surface area (Å²) in [6.45, 7) is 7.88. The number of nitrogens with one attached hydrogen (secondary N) is 1. The summed E-state index contributed by atoms with van der Waals surface area (Å²) in [5.41, 5.74) is 7.44. The van der Waals surface area contributed by atoms with Crippen LogP contribution in [0.2, 0.25) is 5.02 Å². The minimum atomic E-state index is -0.100. The molecule has 3 N–H and O–H groups in total. The average Bonchev–Trinajstić information content (AvgIpc) is 2.45. The summed E-state index contributed by atoms with van der Waals surface area (Å²) in [5.74, 6) is 0.378. The third-order valence-corrected chi connectivity index (χ3v) is 3.65. The molecule has 0 aliphatic heterocycles. The molecule has 0 aliphatic rings. The Hall–Kier alpha value is -1.02. The molecule has 7 heteroatoms. The fraction of sp³-hybridized carbons (Fsp3) is 0.467. The molecule has 1 aromatic carbocycles. The first-order valence-corrected chi connectivity index (χ1v) is 7.47. The van der Waals surface area contributed by atoms with Crippen LogP contribution < -0.4 is 11.1 Å². The lowest BCUT2D eigenvalue weighted by Gasteiger charge is -2.19. The van der Waals surface area contributed by atoms with Gasteiger partial charge in [0.2, 0.25) is 5.91 Å². The molecule has 0 aromatic heterocycles. The van der Waals surface area contributed by atoms with Gasteiger partial charge in [-0.05, 0) is 38.5 Å². The van der Waals surface area contributed by atoms with Crippen LogP contribution in [0, 0.1) is 6.92 Å². The molecule has 124 valence electrons. The molecule has 0 saturated heterocycles. The van der Waals surface area contributed by atoms with Gasteiger partial charge in [0.05, 0.1) is 6.54 Å². The third kappa shape index (κ3) is 6.39. The van der Waals surface area contributed by atoms with Crippen LogP contribution in [0.5, 0.6) is 0 Å². The molecule has 0 saturated carbocycles. The van der Waals surface area contributed by atoms with Crippen molar-refractivity contribution in [2.45, 2.75) is 27.2 Å². The molecule has 0 fully saturated rings. The summed E-state index contributed by atoms with van der Waals surface area (Å²) >= 11 is 6.01. The average molecular weight is 439 g/mol. The van der Waals surface area contributed by atoms with Gasteiger partial charge in [-0.2, -0.15) is 0 Å². The Morgan fingerprint density at radius 2 is 2.00 bits per heavy atom. The van der Waals surface area contributed by atoms with E-state index < -0.39 is 0 Å². The van der Waals surface area contributed by atoms with Crippen molar-refractivity contribution in [3.05, 3.63) is 28.8 Å². The maximum atomic E-state index is 11.9. The van der Waals surface area contributed by atoms with Gasteiger partial charge in [-0.3, -0.25) is 9.79 Å². The number of nitrogens with two attached hydrogens (primary N) is 1. The zero-order valence-corrected chi connectivity index (χ0v) is 16.3. The molecule has 1 aromatic rings. The maximum absolute atomic E-state index is 11.9. The van der Waals surface area contributed by atoms with Crippen LogP contribution in [-0.4, -0.2) is 36.4 Å². The number of amides is 1. The first-order chi connectivity index (χ1) is 9.99. The first-order valence-electron chi connectivity index (χ1n) is 7.09. The Bertz CT molecular complexity index is 518. The summed E-state index contributed by atoms with van der Waals surface area (Å²) in [5, 5.41) is 3.47. The number of hydrogen-bond donors (Lipinski definition) is 2. The Morgan fingerprint density at radius 3 is 2.59 bits per heavy atom. The lowest BCUT2D eigenvalue weighted by atomic mass is 10.2. The Kier molecular flexibility index (Phi) is 10.2. The van der Waals surface area contributed by atoms with E-state index in [4.69, 9.17) is 17.3 Å². The number of nitrogens with zero attached hydrogens (tertiary/aromatic N) is 2. The fourth-order valence-electron chi connectivity index (χ4n) is 1.88. The van der Waals surface area contributed by atoms with E-state index in [9.17, 15) is 4.79 Å². The van der Waals surface area contributed by atoms with Gasteiger partial charge in [-0.15, -0.1) is 24.0 Å². The number of hydrogen-bond acceptors (Lipinski definition) is 2. The molecule has 5 nitrogen and oxygen atoms in total. The van der Waals surface area contributed by atoms with Gasteiger partial charge in [-0.1, -0.05) is 17.7 Å². The van der Waals surface area contributed by atoms with Crippen LogP contribution in [0.25, 0.3) is 0 Å². The van der Waals surface area contributed by atoms with Gasteiger partial charge >= 0.3 is 0 Å². The van der Waals surface area contributed by atoms with Crippen molar-refractivity contribution in [3.63, 3.8) is 0 Å². The number of halogens is 2. The summed E-state index contributed by atoms with van der Waals surface area (Å²) < 4.78 is 0. The van der Waals surface area contributed by atoms with Gasteiger partial charge in [0.15, 0.2) is 5.96 Å². The van der Waals surface area contributed by atoms with Crippen molar-refractivity contribution >= 4 is 53.1 Å². The highest BCUT2D eigenvalue weighted by atomic mass is 127. The van der Waals surface area contributed by atoms with Gasteiger partial charge in [-0.25, -0.2) is 0 Å². The van der Waals surface area contributed by atoms with Crippen LogP contribution in [0.4, 0.5) is 5.69 Å². The SMILES string of the molecule is CCN(CC)C(N)=NCCC(=O)Nc1cccc(Cl)c1C.I. The molecule has 1 rings (SSSR count). The monoisotopic (exact) mass is 438 g/mol. The summed E-state index contributed by atoms with van der Waals surface area (Å²) in [4.78, 5) is 18.1. The van der Waals surface area contributed by atoms with Crippen molar-refractivity contribution in [1.29, 1.82) is 0 Å². The second-order valence-corrected chi connectivity index (χ2v) is 5.03. The smallest absolute Gasteiger partial charge is 0.226 e. The zero-order chi connectivity index (χ0) is 15.8. The van der Waals surface area contributed by atoms with Crippen LogP contribution in [-0.2, 0) is 4.79 Å². The molecular formula is C15H24ClIN4O. The minimum Gasteiger partial charge on any atom is -0.370 e. The van der Waals surface area contributed by atoms with Crippen LogP contribution in [0.1, 0.15) is 25.8 Å². The molecule has 0 radical (unpaired) electrons. The Labute approximate surface area is 154 Å². The zero-order valence-electron chi connectivity index (χ0n) is 13.2. The largest absolute Gasteiger partial charge is 0.370 e. The predicted molar refractivity (Wildman–Crippen MR) is 104 cm³/mol. The molecule has 0 unspecified atom stereocenters. The van der Waals surface area contributed by atoms with E-state index in [-0.39, 0.29) is 36.3 Å². The standard InChI is InChI=1S/C15H23ClN4O.HI/c1-4-20(5-2)15(17)18-10-9-14(21)19-13-8-6-7-12(16)11(13)3;/h6-8H,4-5,9-10H2,1-3H3,(H2,17,18)(H,19,21);1H. The molecule has 0 atom stereocenters. The molecule has 0 spiro atoms. The van der Waals surface area contributed by atoms with Gasteiger partial charge in [0, 0.05) is 30.2 Å². The van der Waals surface area contributed by atoms with Crippen molar-refractivity contribution < 1.29 is 4.79 Å². The predicted octanol–water partition coefficient (Wildman–Crippen LogP) is 3.25. The van der Waals surface area contributed by atoms with Gasteiger partial charge in [0.25, 0.3) is 0 Å². The highest BCUT2D eigenvalue weighted by molar-refractivity contribution is 14.0. The highest BCUT2D eigenvalue weighted by Gasteiger charge is 2.07. The summed E-state index contributed by atoms with van der Waals surface area (Å²) in [6.07, 6.45) is 0.286. The second-order valence-electron chi connectivity index (χ2n) is 4.62. The van der Waals surface area contributed by atoms with Crippen LogP contribution in [0.15, 0.2) is 23.2 Å². The number of rotatable bonds is 6. The molecule has 0 aliphatic carbocycles. The highest BCUT2D eigenvalue weighted by Crippen LogP contribution is 2.22. The van der Waals surface area contributed by atoms with E-state index in [0.29, 0.717) is 17.5 Å². The van der Waals surface area contributed by atoms with E-state index in [1.54, 1.807) is 6.07 Å². The Balaban J connectivity index is 0.00000441. The number of carbonyl (C=O) groups excluding carboxylic acids is 1. The third-order valence-electron chi connectivity index (χ3n) is 3.24. The first kappa shape index (κ1) is 21.0. The van der Waals surface area contributed by atoms with Crippen molar-refractivity contribution in [2.24, 2.45) is 10.7 Å². The number of anilines is 1.